The van der Waals surface area contributed by atoms with Gasteiger partial charge in [0.05, 0.1) is 0 Å². The van der Waals surface area contributed by atoms with Crippen LogP contribution in [-0.2, 0) is 9.59 Å². The molecule has 5 nitrogen and oxygen atoms in total. The van der Waals surface area contributed by atoms with Gasteiger partial charge >= 0.3 is 5.97 Å². The lowest BCUT2D eigenvalue weighted by atomic mass is 9.93. The number of carbonyl (C=O) groups is 2. The fourth-order valence-corrected chi connectivity index (χ4v) is 3.33. The van der Waals surface area contributed by atoms with E-state index in [-0.39, 0.29) is 11.8 Å². The SMILES string of the molecule is Cc1cc2c(cc1C)C(C(=O)N1CCCC[C@@H]1C(=O)O)CO2. The predicted octanol–water partition coefficient (Wildman–Crippen LogP) is 2.25. The fourth-order valence-electron chi connectivity index (χ4n) is 3.33. The van der Waals surface area contributed by atoms with Gasteiger partial charge in [-0.3, -0.25) is 4.79 Å². The maximum absolute atomic E-state index is 12.9. The molecule has 5 heteroatoms. The van der Waals surface area contributed by atoms with E-state index in [0.29, 0.717) is 19.6 Å². The summed E-state index contributed by atoms with van der Waals surface area (Å²) in [4.78, 5) is 25.8. The Balaban J connectivity index is 1.88. The van der Waals surface area contributed by atoms with Crippen LogP contribution in [0, 0.1) is 13.8 Å². The molecule has 0 saturated carbocycles. The molecule has 0 spiro atoms. The van der Waals surface area contributed by atoms with Gasteiger partial charge < -0.3 is 14.7 Å². The van der Waals surface area contributed by atoms with Crippen molar-refractivity contribution >= 4 is 11.9 Å². The van der Waals surface area contributed by atoms with Crippen LogP contribution < -0.4 is 4.74 Å². The summed E-state index contributed by atoms with van der Waals surface area (Å²) in [5.41, 5.74) is 3.14. The van der Waals surface area contributed by atoms with Gasteiger partial charge in [0.25, 0.3) is 0 Å². The van der Waals surface area contributed by atoms with E-state index in [1.54, 1.807) is 0 Å². The minimum Gasteiger partial charge on any atom is -0.492 e. The normalized spacial score (nSPS) is 23.8. The maximum atomic E-state index is 12.9. The van der Waals surface area contributed by atoms with Gasteiger partial charge in [-0.1, -0.05) is 6.07 Å². The number of carbonyl (C=O) groups excluding carboxylic acids is 1. The van der Waals surface area contributed by atoms with Crippen molar-refractivity contribution in [1.29, 1.82) is 0 Å². The van der Waals surface area contributed by atoms with Gasteiger partial charge in [-0.05, 0) is 50.3 Å². The first-order chi connectivity index (χ1) is 10.5. The third-order valence-corrected chi connectivity index (χ3v) is 4.78. The second-order valence-corrected chi connectivity index (χ2v) is 6.22. The fraction of sp³-hybridized carbons (Fsp3) is 0.529. The van der Waals surface area contributed by atoms with Crippen LogP contribution in [0.5, 0.6) is 5.75 Å². The molecule has 2 atom stereocenters. The van der Waals surface area contributed by atoms with Crippen molar-refractivity contribution in [3.8, 4) is 5.75 Å². The van der Waals surface area contributed by atoms with Crippen molar-refractivity contribution in [2.75, 3.05) is 13.2 Å². The maximum Gasteiger partial charge on any atom is 0.326 e. The number of carboxylic acid groups (broad SMARTS) is 1. The molecule has 1 fully saturated rings. The standard InChI is InChI=1S/C17H21NO4/c1-10-7-12-13(9-22-15(12)8-11(10)2)16(19)18-6-4-3-5-14(18)17(20)21/h7-8,13-14H,3-6,9H2,1-2H3,(H,20,21)/t13?,14-/m1/s1. The number of rotatable bonds is 2. The number of fused-ring (bicyclic) bond motifs is 1. The first-order valence-electron chi connectivity index (χ1n) is 7.76. The smallest absolute Gasteiger partial charge is 0.326 e. The van der Waals surface area contributed by atoms with Gasteiger partial charge in [0.2, 0.25) is 5.91 Å². The Kier molecular flexibility index (Phi) is 3.81. The number of ether oxygens (including phenoxy) is 1. The molecule has 1 saturated heterocycles. The zero-order chi connectivity index (χ0) is 15.9. The molecule has 2 aliphatic heterocycles. The van der Waals surface area contributed by atoms with Crippen molar-refractivity contribution in [3.63, 3.8) is 0 Å². The number of likely N-dealkylation sites (tertiary alicyclic amines) is 1. The van der Waals surface area contributed by atoms with E-state index in [2.05, 4.69) is 0 Å². The number of carboxylic acids is 1. The van der Waals surface area contributed by atoms with Crippen molar-refractivity contribution in [1.82, 2.24) is 4.90 Å². The van der Waals surface area contributed by atoms with E-state index in [0.717, 1.165) is 35.3 Å². The summed E-state index contributed by atoms with van der Waals surface area (Å²) in [6.07, 6.45) is 2.26. The van der Waals surface area contributed by atoms with Crippen molar-refractivity contribution in [2.45, 2.75) is 45.1 Å². The van der Waals surface area contributed by atoms with Gasteiger partial charge in [0.15, 0.2) is 0 Å². The summed E-state index contributed by atoms with van der Waals surface area (Å²) in [7, 11) is 0. The number of aryl methyl sites for hydroxylation is 2. The van der Waals surface area contributed by atoms with Crippen molar-refractivity contribution < 1.29 is 19.4 Å². The minimum atomic E-state index is -0.910. The molecule has 0 bridgehead atoms. The number of nitrogens with zero attached hydrogens (tertiary/aromatic N) is 1. The van der Waals surface area contributed by atoms with E-state index in [9.17, 15) is 14.7 Å². The second-order valence-electron chi connectivity index (χ2n) is 6.22. The first-order valence-corrected chi connectivity index (χ1v) is 7.76. The van der Waals surface area contributed by atoms with E-state index in [4.69, 9.17) is 4.74 Å². The topological polar surface area (TPSA) is 66.8 Å². The van der Waals surface area contributed by atoms with E-state index >= 15 is 0 Å². The van der Waals surface area contributed by atoms with Crippen LogP contribution in [0.4, 0.5) is 0 Å². The molecule has 0 aliphatic carbocycles. The van der Waals surface area contributed by atoms with Gasteiger partial charge in [-0.25, -0.2) is 4.79 Å². The van der Waals surface area contributed by atoms with Crippen LogP contribution in [0.2, 0.25) is 0 Å². The largest absolute Gasteiger partial charge is 0.492 e. The molecule has 0 aromatic heterocycles. The number of aliphatic carboxylic acids is 1. The molecule has 1 N–H and O–H groups in total. The van der Waals surface area contributed by atoms with Crippen LogP contribution in [0.1, 0.15) is 41.9 Å². The first kappa shape index (κ1) is 14.9. The summed E-state index contributed by atoms with van der Waals surface area (Å²) in [6, 6.07) is 3.26. The van der Waals surface area contributed by atoms with Gasteiger partial charge in [0, 0.05) is 12.1 Å². The van der Waals surface area contributed by atoms with Crippen molar-refractivity contribution in [3.05, 3.63) is 28.8 Å². The highest BCUT2D eigenvalue weighted by atomic mass is 16.5. The monoisotopic (exact) mass is 303 g/mol. The average Bonchev–Trinajstić information content (AvgIpc) is 2.89. The Morgan fingerprint density at radius 1 is 1.23 bits per heavy atom. The molecule has 2 heterocycles. The zero-order valence-electron chi connectivity index (χ0n) is 13.0. The average molecular weight is 303 g/mol. The Labute approximate surface area is 129 Å². The van der Waals surface area contributed by atoms with E-state index < -0.39 is 12.0 Å². The van der Waals surface area contributed by atoms with Crippen LogP contribution in [-0.4, -0.2) is 41.1 Å². The molecule has 1 aromatic carbocycles. The second kappa shape index (κ2) is 5.63. The Hall–Kier alpha value is -2.04. The Bertz CT molecular complexity index is 625. The zero-order valence-corrected chi connectivity index (χ0v) is 13.0. The highest BCUT2D eigenvalue weighted by molar-refractivity contribution is 5.89. The van der Waals surface area contributed by atoms with Gasteiger partial charge in [0.1, 0.15) is 24.3 Å². The molecule has 1 aromatic rings. The van der Waals surface area contributed by atoms with E-state index in [1.807, 2.05) is 26.0 Å². The highest BCUT2D eigenvalue weighted by Gasteiger charge is 2.39. The molecule has 1 unspecified atom stereocenters. The Morgan fingerprint density at radius 2 is 1.95 bits per heavy atom. The minimum absolute atomic E-state index is 0.117. The molecule has 1 amide bonds. The molecular formula is C17H21NO4. The number of hydrogen-bond acceptors (Lipinski definition) is 3. The summed E-state index contributed by atoms with van der Waals surface area (Å²) in [6.45, 7) is 4.85. The molecule has 3 rings (SSSR count). The summed E-state index contributed by atoms with van der Waals surface area (Å²) in [5, 5.41) is 9.35. The number of hydrogen-bond donors (Lipinski definition) is 1. The Morgan fingerprint density at radius 3 is 2.68 bits per heavy atom. The van der Waals surface area contributed by atoms with Gasteiger partial charge in [-0.15, -0.1) is 0 Å². The third kappa shape index (κ3) is 2.45. The number of benzene rings is 1. The van der Waals surface area contributed by atoms with E-state index in [1.165, 1.54) is 4.90 Å². The number of piperidine rings is 1. The van der Waals surface area contributed by atoms with Crippen LogP contribution in [0.3, 0.4) is 0 Å². The predicted molar refractivity (Wildman–Crippen MR) is 81.1 cm³/mol. The van der Waals surface area contributed by atoms with Gasteiger partial charge in [-0.2, -0.15) is 0 Å². The molecule has 118 valence electrons. The highest BCUT2D eigenvalue weighted by Crippen LogP contribution is 2.37. The van der Waals surface area contributed by atoms with Crippen LogP contribution in [0.15, 0.2) is 12.1 Å². The molecular weight excluding hydrogens is 282 g/mol. The summed E-state index contributed by atoms with van der Waals surface area (Å²) < 4.78 is 5.66. The summed E-state index contributed by atoms with van der Waals surface area (Å²) in [5.74, 6) is -0.652. The third-order valence-electron chi connectivity index (χ3n) is 4.78. The lowest BCUT2D eigenvalue weighted by molar-refractivity contribution is -0.152. The summed E-state index contributed by atoms with van der Waals surface area (Å²) >= 11 is 0. The quantitative estimate of drug-likeness (QED) is 0.910. The molecule has 2 aliphatic rings. The molecule has 22 heavy (non-hydrogen) atoms. The lowest BCUT2D eigenvalue weighted by Gasteiger charge is -2.34. The lowest BCUT2D eigenvalue weighted by Crippen LogP contribution is -2.49. The van der Waals surface area contributed by atoms with Crippen LogP contribution >= 0.6 is 0 Å². The number of amides is 1. The van der Waals surface area contributed by atoms with Crippen LogP contribution in [0.25, 0.3) is 0 Å². The molecule has 0 radical (unpaired) electrons. The van der Waals surface area contributed by atoms with Crippen molar-refractivity contribution in [2.24, 2.45) is 0 Å².